The quantitative estimate of drug-likeness (QED) is 0.467. The summed E-state index contributed by atoms with van der Waals surface area (Å²) in [6.45, 7) is 12.2. The van der Waals surface area contributed by atoms with Crippen LogP contribution in [0.5, 0.6) is 0 Å². The van der Waals surface area contributed by atoms with Gasteiger partial charge in [0.2, 0.25) is 5.78 Å². The lowest BCUT2D eigenvalue weighted by molar-refractivity contribution is 0.219. The summed E-state index contributed by atoms with van der Waals surface area (Å²) in [6, 6.07) is 0. The Morgan fingerprint density at radius 1 is 1.13 bits per heavy atom. The van der Waals surface area contributed by atoms with Crippen LogP contribution in [0.4, 0.5) is 4.39 Å². The molecule has 0 fully saturated rings. The molecule has 0 saturated heterocycles. The summed E-state index contributed by atoms with van der Waals surface area (Å²) in [4.78, 5) is 18.0. The van der Waals surface area contributed by atoms with E-state index in [1.165, 1.54) is 17.8 Å². The lowest BCUT2D eigenvalue weighted by Gasteiger charge is -2.35. The fraction of sp³-hybridized carbons (Fsp3) is 0.550. The highest BCUT2D eigenvalue weighted by atomic mass is 31.0. The Hall–Kier alpha value is -1.88. The zero-order valence-corrected chi connectivity index (χ0v) is 19.6. The number of imidazole rings is 1. The zero-order chi connectivity index (χ0) is 22.6. The van der Waals surface area contributed by atoms with Gasteiger partial charge in [-0.15, -0.1) is 0 Å². The summed E-state index contributed by atoms with van der Waals surface area (Å²) in [5.41, 5.74) is 2.39. The van der Waals surface area contributed by atoms with Crippen LogP contribution in [-0.2, 0) is 13.1 Å². The molecule has 0 aliphatic rings. The van der Waals surface area contributed by atoms with Crippen molar-refractivity contribution in [3.05, 3.63) is 40.3 Å². The number of fused-ring (bicyclic) bond motifs is 1. The van der Waals surface area contributed by atoms with Crippen LogP contribution < -0.4 is 5.56 Å². The first kappa shape index (κ1) is 22.8. The summed E-state index contributed by atoms with van der Waals surface area (Å²) in [5.74, 6) is 0.607. The zero-order valence-electron chi connectivity index (χ0n) is 18.4. The Labute approximate surface area is 181 Å². The molecule has 0 amide bonds. The second kappa shape index (κ2) is 7.37. The van der Waals surface area contributed by atoms with Gasteiger partial charge in [0.15, 0.2) is 0 Å². The maximum absolute atomic E-state index is 14.8. The van der Waals surface area contributed by atoms with Crippen LogP contribution in [0.1, 0.15) is 39.1 Å². The Balaban J connectivity index is 2.07. The Morgan fingerprint density at radius 3 is 2.33 bits per heavy atom. The van der Waals surface area contributed by atoms with Gasteiger partial charge in [-0.2, -0.15) is 5.10 Å². The average molecular weight is 425 g/mol. The maximum Gasteiger partial charge on any atom is 0.267 e. The second-order valence-corrected chi connectivity index (χ2v) is 10.5. The largest absolute Gasteiger partial charge is 0.314 e. The van der Waals surface area contributed by atoms with Crippen molar-refractivity contribution < 1.29 is 4.39 Å². The third kappa shape index (κ3) is 4.27. The number of hydrogen-bond donors (Lipinski definition) is 0. The minimum atomic E-state index is -1.97. The fourth-order valence-electron chi connectivity index (χ4n) is 3.33. The van der Waals surface area contributed by atoms with Crippen molar-refractivity contribution in [2.75, 3.05) is 0 Å². The highest BCUT2D eigenvalue weighted by Crippen LogP contribution is 2.42. The van der Waals surface area contributed by atoms with Crippen LogP contribution in [0.3, 0.4) is 0 Å². The first-order valence-electron chi connectivity index (χ1n) is 9.78. The van der Waals surface area contributed by atoms with Crippen molar-refractivity contribution in [1.82, 2.24) is 23.7 Å². The van der Waals surface area contributed by atoms with Gasteiger partial charge in [-0.25, -0.2) is 9.37 Å². The minimum absolute atomic E-state index is 0.0349. The summed E-state index contributed by atoms with van der Waals surface area (Å²) in [5, 5.41) is 0.665. The van der Waals surface area contributed by atoms with Crippen LogP contribution in [0, 0.1) is 19.3 Å². The molecule has 0 bridgehead atoms. The van der Waals surface area contributed by atoms with Gasteiger partial charge in [0, 0.05) is 30.2 Å². The number of aromatic nitrogens is 5. The van der Waals surface area contributed by atoms with E-state index in [1.807, 2.05) is 16.2 Å². The van der Waals surface area contributed by atoms with Crippen LogP contribution in [0.25, 0.3) is 16.9 Å². The Bertz CT molecular complexity index is 1150. The van der Waals surface area contributed by atoms with Crippen LogP contribution in [0.15, 0.2) is 23.4 Å². The molecule has 0 aliphatic heterocycles. The van der Waals surface area contributed by atoms with E-state index in [0.717, 1.165) is 12.2 Å². The average Bonchev–Trinajstić information content (AvgIpc) is 3.11. The Kier molecular flexibility index (Phi) is 5.60. The van der Waals surface area contributed by atoms with Crippen LogP contribution >= 0.6 is 9.24 Å². The van der Waals surface area contributed by atoms with E-state index in [1.54, 1.807) is 23.7 Å². The summed E-state index contributed by atoms with van der Waals surface area (Å²) in [7, 11) is 13.5. The lowest BCUT2D eigenvalue weighted by atomic mass is 9.53. The van der Waals surface area contributed by atoms with Gasteiger partial charge >= 0.3 is 0 Å². The molecule has 0 N–H and O–H groups in total. The summed E-state index contributed by atoms with van der Waals surface area (Å²) < 4.78 is 19.8. The third-order valence-electron chi connectivity index (χ3n) is 5.10. The van der Waals surface area contributed by atoms with E-state index < -0.39 is 10.6 Å². The maximum atomic E-state index is 14.8. The van der Waals surface area contributed by atoms with Crippen molar-refractivity contribution in [1.29, 1.82) is 0 Å². The standard InChI is InChI=1S/C20H27B2FN5OP/c1-12-8-27-16(29)15(13(2)25-17(27)28(12)10-18(3,4)5)14-7-24-26(9-14)11-20(23,30)19(6,21)22/h7-9H,10-11,30H2,1-6H3. The SMILES string of the molecule is [B]C([B])(C)C(F)(P)Cn1cc(-c2c(C)nc3n(CC(C)(C)C)c(C)cn3c2=O)cn1. The van der Waals surface area contributed by atoms with Crippen molar-refractivity contribution in [2.24, 2.45) is 5.41 Å². The predicted molar refractivity (Wildman–Crippen MR) is 123 cm³/mol. The third-order valence-corrected chi connectivity index (χ3v) is 5.91. The van der Waals surface area contributed by atoms with E-state index in [2.05, 4.69) is 30.4 Å². The Morgan fingerprint density at radius 2 is 1.77 bits per heavy atom. The summed E-state index contributed by atoms with van der Waals surface area (Å²) in [6.07, 6.45) is 4.94. The fourth-order valence-corrected chi connectivity index (χ4v) is 3.52. The molecule has 3 heterocycles. The molecule has 0 aromatic carbocycles. The van der Waals surface area contributed by atoms with Crippen molar-refractivity contribution in [3.8, 4) is 11.1 Å². The summed E-state index contributed by atoms with van der Waals surface area (Å²) >= 11 is 0. The minimum Gasteiger partial charge on any atom is -0.314 e. The molecule has 2 unspecified atom stereocenters. The number of nitrogens with zero attached hydrogens (tertiary/aromatic N) is 5. The van der Waals surface area contributed by atoms with Gasteiger partial charge in [-0.3, -0.25) is 13.9 Å². The smallest absolute Gasteiger partial charge is 0.267 e. The van der Waals surface area contributed by atoms with Gasteiger partial charge in [0.05, 0.1) is 39.7 Å². The van der Waals surface area contributed by atoms with E-state index in [4.69, 9.17) is 20.7 Å². The molecule has 0 spiro atoms. The van der Waals surface area contributed by atoms with Crippen molar-refractivity contribution >= 4 is 30.7 Å². The number of hydrogen-bond acceptors (Lipinski definition) is 3. The molecule has 3 aromatic heterocycles. The monoisotopic (exact) mass is 425 g/mol. The molecule has 30 heavy (non-hydrogen) atoms. The molecule has 156 valence electrons. The van der Waals surface area contributed by atoms with Gasteiger partial charge in [-0.05, 0) is 19.3 Å². The van der Waals surface area contributed by atoms with Crippen molar-refractivity contribution in [2.45, 2.75) is 65.3 Å². The first-order valence-corrected chi connectivity index (χ1v) is 10.4. The van der Waals surface area contributed by atoms with Crippen LogP contribution in [0.2, 0.25) is 5.21 Å². The molecule has 0 aliphatic carbocycles. The van der Waals surface area contributed by atoms with Gasteiger partial charge < -0.3 is 4.57 Å². The van der Waals surface area contributed by atoms with Crippen molar-refractivity contribution in [3.63, 3.8) is 0 Å². The molecule has 0 saturated carbocycles. The van der Waals surface area contributed by atoms with E-state index in [9.17, 15) is 9.18 Å². The normalized spacial score (nSPS) is 14.9. The predicted octanol–water partition coefficient (Wildman–Crippen LogP) is 3.04. The topological polar surface area (TPSA) is 57.1 Å². The number of alkyl halides is 1. The molecule has 6 nitrogen and oxygen atoms in total. The second-order valence-electron chi connectivity index (χ2n) is 9.54. The highest BCUT2D eigenvalue weighted by Gasteiger charge is 2.37. The molecule has 3 rings (SSSR count). The van der Waals surface area contributed by atoms with Gasteiger partial charge in [-0.1, -0.05) is 42.1 Å². The first-order chi connectivity index (χ1) is 13.6. The molecule has 2 atom stereocenters. The highest BCUT2D eigenvalue weighted by molar-refractivity contribution is 7.19. The molecular formula is C20H27B2FN5OP. The van der Waals surface area contributed by atoms with Crippen LogP contribution in [-0.4, -0.2) is 44.8 Å². The number of halogens is 1. The molecular weight excluding hydrogens is 398 g/mol. The lowest BCUT2D eigenvalue weighted by Crippen LogP contribution is -2.36. The van der Waals surface area contributed by atoms with Gasteiger partial charge in [0.25, 0.3) is 5.56 Å². The van der Waals surface area contributed by atoms with E-state index in [0.29, 0.717) is 22.6 Å². The number of rotatable bonds is 5. The van der Waals surface area contributed by atoms with E-state index >= 15 is 0 Å². The molecule has 10 heteroatoms. The number of aryl methyl sites for hydroxylation is 2. The molecule has 4 radical (unpaired) electrons. The van der Waals surface area contributed by atoms with Gasteiger partial charge in [0.1, 0.15) is 5.41 Å². The molecule has 3 aromatic rings. The van der Waals surface area contributed by atoms with E-state index in [-0.39, 0.29) is 17.5 Å².